The largest absolute Gasteiger partial charge is 0.383 e. The van der Waals surface area contributed by atoms with Crippen molar-refractivity contribution in [1.29, 1.82) is 0 Å². The second kappa shape index (κ2) is 10.9. The van der Waals surface area contributed by atoms with Crippen molar-refractivity contribution >= 4 is 23.1 Å². The number of aromatic amines is 1. The van der Waals surface area contributed by atoms with Crippen molar-refractivity contribution in [3.63, 3.8) is 0 Å². The molecule has 8 nitrogen and oxygen atoms in total. The molecule has 8 heteroatoms. The molecule has 1 fully saturated rings. The lowest BCUT2D eigenvalue weighted by molar-refractivity contribution is 0.0743. The molecule has 0 saturated heterocycles. The number of hydrogen-bond donors (Lipinski definition) is 3. The third-order valence-electron chi connectivity index (χ3n) is 5.85. The first-order valence-corrected chi connectivity index (χ1v) is 11.1. The molecule has 1 aromatic carbocycles. The second-order valence-corrected chi connectivity index (χ2v) is 8.29. The Morgan fingerprint density at radius 2 is 2.03 bits per heavy atom. The maximum Gasteiger partial charge on any atom is 0.261 e. The average Bonchev–Trinajstić information content (AvgIpc) is 2.78. The van der Waals surface area contributed by atoms with Gasteiger partial charge in [0.25, 0.3) is 11.5 Å². The number of carbonyl (C=O) groups excluding carboxylic acids is 1. The number of H-pyrrole nitrogens is 1. The van der Waals surface area contributed by atoms with Gasteiger partial charge in [-0.05, 0) is 49.6 Å². The van der Waals surface area contributed by atoms with Gasteiger partial charge < -0.3 is 25.7 Å². The second-order valence-electron chi connectivity index (χ2n) is 8.29. The molecule has 0 bridgehead atoms. The molecular formula is C24H33N5O3. The Hall–Kier alpha value is -3.13. The van der Waals surface area contributed by atoms with Gasteiger partial charge in [-0.1, -0.05) is 19.3 Å². The minimum absolute atomic E-state index is 0.0819. The molecule has 0 aliphatic heterocycles. The summed E-state index contributed by atoms with van der Waals surface area (Å²) in [6.07, 6.45) is 7.40. The molecule has 1 aliphatic carbocycles. The van der Waals surface area contributed by atoms with E-state index in [1.807, 2.05) is 13.0 Å². The number of hydrogen-bond acceptors (Lipinski definition) is 5. The van der Waals surface area contributed by atoms with Gasteiger partial charge >= 0.3 is 0 Å². The number of benzene rings is 1. The number of amidine groups is 1. The van der Waals surface area contributed by atoms with Crippen LogP contribution in [0.3, 0.4) is 0 Å². The van der Waals surface area contributed by atoms with Gasteiger partial charge in [-0.2, -0.15) is 0 Å². The topological polar surface area (TPSA) is 113 Å². The summed E-state index contributed by atoms with van der Waals surface area (Å²) in [5.41, 5.74) is 9.02. The van der Waals surface area contributed by atoms with Gasteiger partial charge in [0.2, 0.25) is 0 Å². The number of likely N-dealkylation sites (N-methyl/N-ethyl adjacent to an activating group) is 1. The summed E-state index contributed by atoms with van der Waals surface area (Å²) >= 11 is 0. The van der Waals surface area contributed by atoms with E-state index in [4.69, 9.17) is 10.5 Å². The van der Waals surface area contributed by atoms with Crippen LogP contribution in [0, 0.1) is 6.92 Å². The Balaban J connectivity index is 1.84. The minimum atomic E-state index is -0.282. The monoisotopic (exact) mass is 439 g/mol. The van der Waals surface area contributed by atoms with Gasteiger partial charge in [0.05, 0.1) is 18.0 Å². The third kappa shape index (κ3) is 5.76. The van der Waals surface area contributed by atoms with Crippen LogP contribution in [0.4, 0.5) is 11.4 Å². The maximum atomic E-state index is 12.7. The van der Waals surface area contributed by atoms with Crippen LogP contribution in [0.5, 0.6) is 0 Å². The van der Waals surface area contributed by atoms with Crippen molar-refractivity contribution in [2.24, 2.45) is 10.7 Å². The quantitative estimate of drug-likeness (QED) is 0.432. The van der Waals surface area contributed by atoms with Crippen LogP contribution in [-0.4, -0.2) is 55.0 Å². The number of nitrogens with one attached hydrogen (secondary N) is 2. The number of ether oxygens (including phenoxy) is 1. The predicted molar refractivity (Wildman–Crippen MR) is 128 cm³/mol. The number of pyridine rings is 1. The number of rotatable bonds is 8. The van der Waals surface area contributed by atoms with Crippen LogP contribution in [0.15, 0.2) is 40.2 Å². The van der Waals surface area contributed by atoms with E-state index >= 15 is 0 Å². The fraction of sp³-hybridized carbons (Fsp3) is 0.458. The van der Waals surface area contributed by atoms with E-state index in [-0.39, 0.29) is 17.3 Å². The zero-order valence-electron chi connectivity index (χ0n) is 19.1. The van der Waals surface area contributed by atoms with Gasteiger partial charge in [0.1, 0.15) is 11.4 Å². The third-order valence-corrected chi connectivity index (χ3v) is 5.85. The lowest BCUT2D eigenvalue weighted by Crippen LogP contribution is -2.30. The maximum absolute atomic E-state index is 12.7. The van der Waals surface area contributed by atoms with Crippen LogP contribution in [0.2, 0.25) is 0 Å². The summed E-state index contributed by atoms with van der Waals surface area (Å²) in [7, 11) is 3.35. The van der Waals surface area contributed by atoms with Crippen LogP contribution in [-0.2, 0) is 4.74 Å². The molecule has 32 heavy (non-hydrogen) atoms. The molecular weight excluding hydrogens is 406 g/mol. The predicted octanol–water partition coefficient (Wildman–Crippen LogP) is 3.18. The van der Waals surface area contributed by atoms with E-state index in [1.165, 1.54) is 19.3 Å². The number of amides is 1. The van der Waals surface area contributed by atoms with E-state index in [0.717, 1.165) is 18.4 Å². The zero-order valence-corrected chi connectivity index (χ0v) is 19.1. The minimum Gasteiger partial charge on any atom is -0.383 e. The van der Waals surface area contributed by atoms with Gasteiger partial charge in [0, 0.05) is 38.5 Å². The number of anilines is 1. The molecule has 1 amide bonds. The van der Waals surface area contributed by atoms with Crippen molar-refractivity contribution < 1.29 is 9.53 Å². The SMILES string of the molecule is COCCN(C)C(=O)c1ccc(N=C(N)c2c(NC3CCCCC3)cc[nH]c2=O)cc1C. The Bertz CT molecular complexity index is 1020. The molecule has 0 radical (unpaired) electrons. The molecule has 172 valence electrons. The van der Waals surface area contributed by atoms with Crippen molar-refractivity contribution in [2.75, 3.05) is 32.6 Å². The Morgan fingerprint density at radius 3 is 2.72 bits per heavy atom. The highest BCUT2D eigenvalue weighted by molar-refractivity contribution is 6.03. The summed E-state index contributed by atoms with van der Waals surface area (Å²) in [6, 6.07) is 7.44. The number of aliphatic imine (C=N–C) groups is 1. The summed E-state index contributed by atoms with van der Waals surface area (Å²) < 4.78 is 5.04. The number of carbonyl (C=O) groups is 1. The lowest BCUT2D eigenvalue weighted by Gasteiger charge is -2.24. The zero-order chi connectivity index (χ0) is 23.1. The van der Waals surface area contributed by atoms with Gasteiger partial charge in [0.15, 0.2) is 0 Å². The van der Waals surface area contributed by atoms with E-state index in [0.29, 0.717) is 41.7 Å². The molecule has 1 aromatic heterocycles. The summed E-state index contributed by atoms with van der Waals surface area (Å²) in [6.45, 7) is 2.84. The first-order chi connectivity index (χ1) is 15.4. The molecule has 4 N–H and O–H groups in total. The number of nitrogens with two attached hydrogens (primary N) is 1. The molecule has 0 spiro atoms. The smallest absolute Gasteiger partial charge is 0.261 e. The Labute approximate surface area is 188 Å². The molecule has 1 heterocycles. The van der Waals surface area contributed by atoms with Crippen molar-refractivity contribution in [2.45, 2.75) is 45.1 Å². The standard InChI is InChI=1S/C24H33N5O3/c1-16-15-18(9-10-19(16)24(31)29(2)13-14-32-3)28-22(25)21-20(11-12-26-23(21)30)27-17-7-5-4-6-8-17/h9-12,15,17H,4-8,13-14H2,1-3H3,(H2,25,28)(H2,26,27,30). The van der Waals surface area contributed by atoms with Gasteiger partial charge in [-0.3, -0.25) is 9.59 Å². The fourth-order valence-corrected chi connectivity index (χ4v) is 4.01. The van der Waals surface area contributed by atoms with Crippen molar-refractivity contribution in [3.05, 3.63) is 57.5 Å². The molecule has 1 saturated carbocycles. The highest BCUT2D eigenvalue weighted by atomic mass is 16.5. The Kier molecular flexibility index (Phi) is 8.05. The molecule has 0 atom stereocenters. The molecule has 0 unspecified atom stereocenters. The van der Waals surface area contributed by atoms with Crippen LogP contribution < -0.4 is 16.6 Å². The number of aryl methyl sites for hydroxylation is 1. The Morgan fingerprint density at radius 1 is 1.28 bits per heavy atom. The van der Waals surface area contributed by atoms with Crippen molar-refractivity contribution in [3.8, 4) is 0 Å². The van der Waals surface area contributed by atoms with Gasteiger partial charge in [-0.15, -0.1) is 0 Å². The molecule has 1 aliphatic rings. The number of nitrogens with zero attached hydrogens (tertiary/aromatic N) is 2. The van der Waals surface area contributed by atoms with E-state index in [1.54, 1.807) is 43.5 Å². The summed E-state index contributed by atoms with van der Waals surface area (Å²) in [5, 5.41) is 3.48. The first-order valence-electron chi connectivity index (χ1n) is 11.1. The van der Waals surface area contributed by atoms with Crippen molar-refractivity contribution in [1.82, 2.24) is 9.88 Å². The van der Waals surface area contributed by atoms with Gasteiger partial charge in [-0.25, -0.2) is 4.99 Å². The van der Waals surface area contributed by atoms with E-state index in [2.05, 4.69) is 15.3 Å². The highest BCUT2D eigenvalue weighted by Crippen LogP contribution is 2.24. The normalized spacial score (nSPS) is 14.9. The number of aromatic nitrogens is 1. The first kappa shape index (κ1) is 23.5. The van der Waals surface area contributed by atoms with Crippen LogP contribution >= 0.6 is 0 Å². The van der Waals surface area contributed by atoms with E-state index < -0.39 is 0 Å². The summed E-state index contributed by atoms with van der Waals surface area (Å²) in [4.78, 5) is 34.0. The number of methoxy groups -OCH3 is 1. The summed E-state index contributed by atoms with van der Waals surface area (Å²) in [5.74, 6) is 0.0578. The van der Waals surface area contributed by atoms with Crippen LogP contribution in [0.25, 0.3) is 0 Å². The average molecular weight is 440 g/mol. The van der Waals surface area contributed by atoms with Crippen LogP contribution in [0.1, 0.15) is 53.6 Å². The van der Waals surface area contributed by atoms with E-state index in [9.17, 15) is 9.59 Å². The molecule has 2 aromatic rings. The lowest BCUT2D eigenvalue weighted by atomic mass is 9.95. The highest BCUT2D eigenvalue weighted by Gasteiger charge is 2.18. The fourth-order valence-electron chi connectivity index (χ4n) is 4.01. The molecule has 3 rings (SSSR count).